The van der Waals surface area contributed by atoms with E-state index in [1.165, 1.54) is 16.8 Å². The number of amides is 1. The standard InChI is InChI=1S/C21H29N3O/c1-5-24(20-8-6-7-17(2)15-20)14-13-22-21(25)19-11-9-18(10-12-19)16-23(3)4/h6-12,15H,5,13-14,16H2,1-4H3,(H,22,25). The molecule has 0 fully saturated rings. The summed E-state index contributed by atoms with van der Waals surface area (Å²) in [5, 5.41) is 3.02. The third kappa shape index (κ3) is 5.91. The van der Waals surface area contributed by atoms with E-state index >= 15 is 0 Å². The molecule has 134 valence electrons. The number of rotatable bonds is 8. The quantitative estimate of drug-likeness (QED) is 0.801. The number of hydrogen-bond acceptors (Lipinski definition) is 3. The van der Waals surface area contributed by atoms with Gasteiger partial charge in [-0.2, -0.15) is 0 Å². The molecule has 2 rings (SSSR count). The Labute approximate surface area is 151 Å². The van der Waals surface area contributed by atoms with Gasteiger partial charge in [0, 0.05) is 37.4 Å². The van der Waals surface area contributed by atoms with Crippen molar-refractivity contribution in [1.82, 2.24) is 10.2 Å². The molecule has 0 aliphatic carbocycles. The number of anilines is 1. The Hall–Kier alpha value is -2.33. The maximum absolute atomic E-state index is 12.3. The molecule has 4 nitrogen and oxygen atoms in total. The Bertz CT molecular complexity index is 680. The Kier molecular flexibility index (Phi) is 7.02. The zero-order valence-corrected chi connectivity index (χ0v) is 15.7. The lowest BCUT2D eigenvalue weighted by atomic mass is 10.1. The van der Waals surface area contributed by atoms with Gasteiger partial charge in [-0.05, 0) is 63.3 Å². The van der Waals surface area contributed by atoms with Crippen LogP contribution in [0.5, 0.6) is 0 Å². The Morgan fingerprint density at radius 3 is 2.40 bits per heavy atom. The first kappa shape index (κ1) is 19.0. The number of hydrogen-bond donors (Lipinski definition) is 1. The number of likely N-dealkylation sites (N-methyl/N-ethyl adjacent to an activating group) is 1. The highest BCUT2D eigenvalue weighted by molar-refractivity contribution is 5.94. The van der Waals surface area contributed by atoms with Gasteiger partial charge >= 0.3 is 0 Å². The lowest BCUT2D eigenvalue weighted by Crippen LogP contribution is -2.35. The Balaban J connectivity index is 1.86. The first-order valence-electron chi connectivity index (χ1n) is 8.83. The van der Waals surface area contributed by atoms with Crippen LogP contribution in [-0.4, -0.2) is 44.5 Å². The first-order valence-corrected chi connectivity index (χ1v) is 8.83. The van der Waals surface area contributed by atoms with E-state index in [0.29, 0.717) is 12.1 Å². The summed E-state index contributed by atoms with van der Waals surface area (Å²) < 4.78 is 0. The van der Waals surface area contributed by atoms with Crippen LogP contribution in [0.25, 0.3) is 0 Å². The summed E-state index contributed by atoms with van der Waals surface area (Å²) in [6.45, 7) is 7.44. The molecule has 0 aromatic heterocycles. The van der Waals surface area contributed by atoms with Crippen LogP contribution in [-0.2, 0) is 6.54 Å². The lowest BCUT2D eigenvalue weighted by molar-refractivity contribution is 0.0954. The molecular weight excluding hydrogens is 310 g/mol. The van der Waals surface area contributed by atoms with Gasteiger partial charge in [-0.1, -0.05) is 24.3 Å². The summed E-state index contributed by atoms with van der Waals surface area (Å²) >= 11 is 0. The van der Waals surface area contributed by atoms with Gasteiger partial charge in [0.05, 0.1) is 0 Å². The van der Waals surface area contributed by atoms with Gasteiger partial charge in [-0.15, -0.1) is 0 Å². The minimum absolute atomic E-state index is 0.0169. The number of aryl methyl sites for hydroxylation is 1. The van der Waals surface area contributed by atoms with Crippen molar-refractivity contribution in [2.24, 2.45) is 0 Å². The molecule has 0 bridgehead atoms. The molecule has 0 aliphatic rings. The minimum Gasteiger partial charge on any atom is -0.370 e. The monoisotopic (exact) mass is 339 g/mol. The summed E-state index contributed by atoms with van der Waals surface area (Å²) in [6, 6.07) is 16.3. The molecule has 1 N–H and O–H groups in total. The minimum atomic E-state index is -0.0169. The highest BCUT2D eigenvalue weighted by Gasteiger charge is 2.08. The molecule has 0 aliphatic heterocycles. The summed E-state index contributed by atoms with van der Waals surface area (Å²) in [6.07, 6.45) is 0. The van der Waals surface area contributed by atoms with Crippen LogP contribution < -0.4 is 10.2 Å². The Morgan fingerprint density at radius 1 is 1.08 bits per heavy atom. The van der Waals surface area contributed by atoms with Crippen LogP contribution in [0.3, 0.4) is 0 Å². The fraction of sp³-hybridized carbons (Fsp3) is 0.381. The van der Waals surface area contributed by atoms with E-state index in [0.717, 1.165) is 19.6 Å². The highest BCUT2D eigenvalue weighted by Crippen LogP contribution is 2.15. The van der Waals surface area contributed by atoms with Gasteiger partial charge in [0.1, 0.15) is 0 Å². The molecule has 0 saturated heterocycles. The maximum atomic E-state index is 12.3. The predicted molar refractivity (Wildman–Crippen MR) is 105 cm³/mol. The van der Waals surface area contributed by atoms with Crippen LogP contribution in [0.15, 0.2) is 48.5 Å². The van der Waals surface area contributed by atoms with E-state index < -0.39 is 0 Å². The van der Waals surface area contributed by atoms with Gasteiger partial charge in [-0.25, -0.2) is 0 Å². The second-order valence-electron chi connectivity index (χ2n) is 6.61. The average Bonchev–Trinajstić information content (AvgIpc) is 2.58. The van der Waals surface area contributed by atoms with E-state index in [9.17, 15) is 4.79 Å². The van der Waals surface area contributed by atoms with E-state index in [1.54, 1.807) is 0 Å². The van der Waals surface area contributed by atoms with Crippen molar-refractivity contribution < 1.29 is 4.79 Å². The third-order valence-corrected chi connectivity index (χ3v) is 4.13. The molecule has 4 heteroatoms. The second kappa shape index (κ2) is 9.23. The Morgan fingerprint density at radius 2 is 1.80 bits per heavy atom. The number of carbonyl (C=O) groups excluding carboxylic acids is 1. The lowest BCUT2D eigenvalue weighted by Gasteiger charge is -2.23. The molecule has 2 aromatic rings. The fourth-order valence-electron chi connectivity index (χ4n) is 2.83. The van der Waals surface area contributed by atoms with Crippen molar-refractivity contribution in [2.45, 2.75) is 20.4 Å². The van der Waals surface area contributed by atoms with Crippen LogP contribution in [0, 0.1) is 6.92 Å². The van der Waals surface area contributed by atoms with Crippen molar-refractivity contribution >= 4 is 11.6 Å². The van der Waals surface area contributed by atoms with Crippen LogP contribution in [0.4, 0.5) is 5.69 Å². The predicted octanol–water partition coefficient (Wildman–Crippen LogP) is 3.31. The molecule has 0 atom stereocenters. The SMILES string of the molecule is CCN(CCNC(=O)c1ccc(CN(C)C)cc1)c1cccc(C)c1. The molecule has 0 unspecified atom stereocenters. The van der Waals surface area contributed by atoms with Crippen molar-refractivity contribution in [3.8, 4) is 0 Å². The van der Waals surface area contributed by atoms with Crippen molar-refractivity contribution in [3.05, 3.63) is 65.2 Å². The summed E-state index contributed by atoms with van der Waals surface area (Å²) in [7, 11) is 4.07. The molecule has 1 amide bonds. The molecule has 0 radical (unpaired) electrons. The summed E-state index contributed by atoms with van der Waals surface area (Å²) in [4.78, 5) is 16.7. The topological polar surface area (TPSA) is 35.6 Å². The number of carbonyl (C=O) groups is 1. The van der Waals surface area contributed by atoms with E-state index in [-0.39, 0.29) is 5.91 Å². The summed E-state index contributed by atoms with van der Waals surface area (Å²) in [5.41, 5.74) is 4.36. The fourth-order valence-corrected chi connectivity index (χ4v) is 2.83. The van der Waals surface area contributed by atoms with Crippen molar-refractivity contribution in [2.75, 3.05) is 38.6 Å². The van der Waals surface area contributed by atoms with Gasteiger partial charge < -0.3 is 15.1 Å². The van der Waals surface area contributed by atoms with Gasteiger partial charge in [0.25, 0.3) is 5.91 Å². The number of nitrogens with zero attached hydrogens (tertiary/aromatic N) is 2. The molecular formula is C21H29N3O. The molecule has 25 heavy (non-hydrogen) atoms. The van der Waals surface area contributed by atoms with Crippen LogP contribution in [0.2, 0.25) is 0 Å². The van der Waals surface area contributed by atoms with Gasteiger partial charge in [0.2, 0.25) is 0 Å². The zero-order valence-electron chi connectivity index (χ0n) is 15.7. The van der Waals surface area contributed by atoms with Crippen molar-refractivity contribution in [1.29, 1.82) is 0 Å². The van der Waals surface area contributed by atoms with E-state index in [4.69, 9.17) is 0 Å². The van der Waals surface area contributed by atoms with Crippen LogP contribution >= 0.6 is 0 Å². The van der Waals surface area contributed by atoms with Gasteiger partial charge in [-0.3, -0.25) is 4.79 Å². The van der Waals surface area contributed by atoms with Gasteiger partial charge in [0.15, 0.2) is 0 Å². The molecule has 0 spiro atoms. The first-order chi connectivity index (χ1) is 12.0. The molecule has 0 saturated carbocycles. The molecule has 0 heterocycles. The highest BCUT2D eigenvalue weighted by atomic mass is 16.1. The zero-order chi connectivity index (χ0) is 18.2. The normalized spacial score (nSPS) is 10.8. The number of benzene rings is 2. The second-order valence-corrected chi connectivity index (χ2v) is 6.61. The average molecular weight is 339 g/mol. The van der Waals surface area contributed by atoms with E-state index in [1.807, 2.05) is 38.4 Å². The smallest absolute Gasteiger partial charge is 0.251 e. The van der Waals surface area contributed by atoms with E-state index in [2.05, 4.69) is 53.2 Å². The maximum Gasteiger partial charge on any atom is 0.251 e. The largest absolute Gasteiger partial charge is 0.370 e. The van der Waals surface area contributed by atoms with Crippen molar-refractivity contribution in [3.63, 3.8) is 0 Å². The molecule has 2 aromatic carbocycles. The van der Waals surface area contributed by atoms with Crippen LogP contribution in [0.1, 0.15) is 28.4 Å². The third-order valence-electron chi connectivity index (χ3n) is 4.13. The summed E-state index contributed by atoms with van der Waals surface area (Å²) in [5.74, 6) is -0.0169. The number of nitrogens with one attached hydrogen (secondary N) is 1.